The largest absolute Gasteiger partial charge is 0.382 e. The van der Waals surface area contributed by atoms with Crippen molar-refractivity contribution in [3.63, 3.8) is 0 Å². The average Bonchev–Trinajstić information content (AvgIpc) is 2.76. The van der Waals surface area contributed by atoms with Gasteiger partial charge in [-0.1, -0.05) is 57.9 Å². The Morgan fingerprint density at radius 1 is 1.45 bits per heavy atom. The summed E-state index contributed by atoms with van der Waals surface area (Å²) in [7, 11) is 0. The van der Waals surface area contributed by atoms with E-state index < -0.39 is 0 Å². The third kappa shape index (κ3) is 3.37. The molecule has 1 N–H and O–H groups in total. The molecule has 0 aromatic rings. The Hall–Kier alpha value is -0.980. The van der Waals surface area contributed by atoms with E-state index in [2.05, 4.69) is 44.8 Å². The Morgan fingerprint density at radius 3 is 2.95 bits per heavy atom. The topological polar surface area (TPSA) is 12.0 Å². The summed E-state index contributed by atoms with van der Waals surface area (Å²) in [4.78, 5) is 0. The van der Waals surface area contributed by atoms with Crippen LogP contribution in [-0.4, -0.2) is 6.04 Å². The summed E-state index contributed by atoms with van der Waals surface area (Å²) in [6.07, 6.45) is 13.5. The maximum Gasteiger partial charge on any atom is 0.0538 e. The van der Waals surface area contributed by atoms with Crippen LogP contribution < -0.4 is 5.32 Å². The number of hydrogen-bond acceptors (Lipinski definition) is 1. The lowest BCUT2D eigenvalue weighted by atomic mass is 9.93. The van der Waals surface area contributed by atoms with Gasteiger partial charge in [0, 0.05) is 5.70 Å². The van der Waals surface area contributed by atoms with E-state index in [1.807, 2.05) is 0 Å². The molecular formula is C19H31N. The monoisotopic (exact) mass is 273 g/mol. The van der Waals surface area contributed by atoms with Crippen molar-refractivity contribution in [2.45, 2.75) is 71.8 Å². The summed E-state index contributed by atoms with van der Waals surface area (Å²) in [5, 5.41) is 3.78. The Balaban J connectivity index is 1.99. The fraction of sp³-hybridized carbons (Fsp3) is 0.684. The van der Waals surface area contributed by atoms with Gasteiger partial charge in [-0.15, -0.1) is 0 Å². The molecule has 0 heterocycles. The number of allylic oxidation sites excluding steroid dienone is 3. The molecule has 0 amide bonds. The zero-order chi connectivity index (χ0) is 14.5. The van der Waals surface area contributed by atoms with E-state index in [1.54, 1.807) is 11.1 Å². The van der Waals surface area contributed by atoms with E-state index >= 15 is 0 Å². The lowest BCUT2D eigenvalue weighted by Crippen LogP contribution is -2.35. The van der Waals surface area contributed by atoms with Gasteiger partial charge in [0.1, 0.15) is 0 Å². The number of rotatable bonds is 7. The first-order valence-electron chi connectivity index (χ1n) is 8.51. The zero-order valence-electron chi connectivity index (χ0n) is 13.5. The highest BCUT2D eigenvalue weighted by Crippen LogP contribution is 2.38. The van der Waals surface area contributed by atoms with Crippen LogP contribution in [0.4, 0.5) is 0 Å². The quantitative estimate of drug-likeness (QED) is 0.658. The maximum atomic E-state index is 4.36. The molecular weight excluding hydrogens is 242 g/mol. The minimum Gasteiger partial charge on any atom is -0.382 e. The first-order chi connectivity index (χ1) is 9.67. The molecule has 0 radical (unpaired) electrons. The Labute approximate surface area is 125 Å². The molecule has 112 valence electrons. The van der Waals surface area contributed by atoms with Crippen molar-refractivity contribution >= 4 is 0 Å². The Kier molecular flexibility index (Phi) is 5.51. The van der Waals surface area contributed by atoms with Crippen molar-refractivity contribution in [1.82, 2.24) is 5.32 Å². The van der Waals surface area contributed by atoms with Crippen molar-refractivity contribution in [1.29, 1.82) is 0 Å². The van der Waals surface area contributed by atoms with E-state index in [-0.39, 0.29) is 0 Å². The predicted octanol–water partition coefficient (Wildman–Crippen LogP) is 5.36. The lowest BCUT2D eigenvalue weighted by Gasteiger charge is -2.27. The fourth-order valence-electron chi connectivity index (χ4n) is 3.70. The Morgan fingerprint density at radius 2 is 2.25 bits per heavy atom. The first-order valence-corrected chi connectivity index (χ1v) is 8.51. The highest BCUT2D eigenvalue weighted by Gasteiger charge is 2.31. The molecule has 1 nitrogen and oxygen atoms in total. The van der Waals surface area contributed by atoms with Crippen LogP contribution in [0.25, 0.3) is 0 Å². The van der Waals surface area contributed by atoms with Gasteiger partial charge in [-0.05, 0) is 49.5 Å². The minimum absolute atomic E-state index is 0.504. The molecule has 2 aliphatic rings. The van der Waals surface area contributed by atoms with E-state index in [0.717, 1.165) is 0 Å². The van der Waals surface area contributed by atoms with E-state index in [1.165, 1.54) is 50.6 Å². The van der Waals surface area contributed by atoms with E-state index in [0.29, 0.717) is 17.9 Å². The molecule has 0 saturated heterocycles. The van der Waals surface area contributed by atoms with Crippen molar-refractivity contribution in [2.75, 3.05) is 0 Å². The summed E-state index contributed by atoms with van der Waals surface area (Å²) < 4.78 is 0. The summed E-state index contributed by atoms with van der Waals surface area (Å²) in [6, 6.07) is 0.504. The summed E-state index contributed by atoms with van der Waals surface area (Å²) in [5.41, 5.74) is 4.52. The smallest absolute Gasteiger partial charge is 0.0538 e. The van der Waals surface area contributed by atoms with E-state index in [9.17, 15) is 0 Å². The number of hydrogen-bond donors (Lipinski definition) is 1. The second kappa shape index (κ2) is 7.15. The fourth-order valence-corrected chi connectivity index (χ4v) is 3.70. The molecule has 0 aromatic carbocycles. The second-order valence-electron chi connectivity index (χ2n) is 6.58. The van der Waals surface area contributed by atoms with Crippen LogP contribution in [0.1, 0.15) is 65.7 Å². The van der Waals surface area contributed by atoms with Gasteiger partial charge in [0.15, 0.2) is 0 Å². The Bertz CT molecular complexity index is 402. The molecule has 0 spiro atoms. The molecule has 3 unspecified atom stereocenters. The van der Waals surface area contributed by atoms with Crippen LogP contribution in [-0.2, 0) is 0 Å². The second-order valence-corrected chi connectivity index (χ2v) is 6.58. The van der Waals surface area contributed by atoms with Crippen LogP contribution in [0, 0.1) is 11.8 Å². The van der Waals surface area contributed by atoms with Gasteiger partial charge in [0.05, 0.1) is 6.04 Å². The highest BCUT2D eigenvalue weighted by atomic mass is 14.9. The van der Waals surface area contributed by atoms with Gasteiger partial charge in [-0.25, -0.2) is 0 Å². The molecule has 0 fully saturated rings. The third-order valence-electron chi connectivity index (χ3n) is 5.02. The van der Waals surface area contributed by atoms with Crippen LogP contribution in [0.15, 0.2) is 35.6 Å². The molecule has 1 heteroatoms. The molecule has 0 aromatic heterocycles. The van der Waals surface area contributed by atoms with Gasteiger partial charge < -0.3 is 5.32 Å². The van der Waals surface area contributed by atoms with Crippen molar-refractivity contribution in [2.24, 2.45) is 11.8 Å². The first kappa shape index (κ1) is 15.4. The lowest BCUT2D eigenvalue weighted by molar-refractivity contribution is 0.426. The van der Waals surface area contributed by atoms with Crippen LogP contribution in [0.3, 0.4) is 0 Å². The van der Waals surface area contributed by atoms with Gasteiger partial charge in [-0.2, -0.15) is 0 Å². The van der Waals surface area contributed by atoms with Gasteiger partial charge in [-0.3, -0.25) is 0 Å². The molecule has 0 saturated carbocycles. The van der Waals surface area contributed by atoms with Gasteiger partial charge >= 0.3 is 0 Å². The predicted molar refractivity (Wildman–Crippen MR) is 88.6 cm³/mol. The summed E-state index contributed by atoms with van der Waals surface area (Å²) >= 11 is 0. The number of unbranched alkanes of at least 4 members (excludes halogenated alkanes) is 1. The van der Waals surface area contributed by atoms with Crippen LogP contribution >= 0.6 is 0 Å². The van der Waals surface area contributed by atoms with Crippen molar-refractivity contribution < 1.29 is 0 Å². The van der Waals surface area contributed by atoms with Crippen molar-refractivity contribution in [3.05, 3.63) is 35.6 Å². The molecule has 2 aliphatic carbocycles. The molecule has 0 bridgehead atoms. The molecule has 3 atom stereocenters. The normalized spacial score (nSPS) is 26.6. The minimum atomic E-state index is 0.504. The van der Waals surface area contributed by atoms with Crippen LogP contribution in [0.5, 0.6) is 0 Å². The molecule has 20 heavy (non-hydrogen) atoms. The molecule has 2 rings (SSSR count). The number of nitrogens with one attached hydrogen (secondary N) is 1. The van der Waals surface area contributed by atoms with Gasteiger partial charge in [0.2, 0.25) is 0 Å². The zero-order valence-corrected chi connectivity index (χ0v) is 13.5. The summed E-state index contributed by atoms with van der Waals surface area (Å²) in [5.74, 6) is 1.35. The third-order valence-corrected chi connectivity index (χ3v) is 5.02. The summed E-state index contributed by atoms with van der Waals surface area (Å²) in [6.45, 7) is 11.3. The standard InChI is InChI=1S/C19H31N/c1-5-7-10-16(6-2)15(4)20-19-14(3)13-17-11-8-9-12-18(17)19/h9,12,14,16,19-20H,4-8,10-11,13H2,1-3H3. The van der Waals surface area contributed by atoms with Crippen molar-refractivity contribution in [3.8, 4) is 0 Å². The van der Waals surface area contributed by atoms with Crippen LogP contribution in [0.2, 0.25) is 0 Å². The molecule has 0 aliphatic heterocycles. The highest BCUT2D eigenvalue weighted by molar-refractivity contribution is 5.39. The SMILES string of the molecule is C=C(NC1C2=C(CCC=C2)CC1C)C(CC)CCCC. The van der Waals surface area contributed by atoms with E-state index in [4.69, 9.17) is 0 Å². The average molecular weight is 273 g/mol. The van der Waals surface area contributed by atoms with Gasteiger partial charge in [0.25, 0.3) is 0 Å². The maximum absolute atomic E-state index is 4.36.